The Morgan fingerprint density at radius 3 is 1.18 bits per heavy atom. The third-order valence-electron chi connectivity index (χ3n) is 12.2. The Kier molecular flexibility index (Phi) is 6.69. The molecule has 244 valence electrons. The Morgan fingerprint density at radius 1 is 0.373 bits per heavy atom. The Labute approximate surface area is 301 Å². The maximum Gasteiger partial charge on any atom is 0.0722 e. The summed E-state index contributed by atoms with van der Waals surface area (Å²) in [5, 5.41) is 10.5. The van der Waals surface area contributed by atoms with Crippen LogP contribution in [0.3, 0.4) is 0 Å². The molecule has 0 radical (unpaired) electrons. The van der Waals surface area contributed by atoms with E-state index in [4.69, 9.17) is 0 Å². The van der Waals surface area contributed by atoms with Crippen molar-refractivity contribution in [3.05, 3.63) is 179 Å². The van der Waals surface area contributed by atoms with Crippen molar-refractivity contribution in [2.45, 2.75) is 38.0 Å². The summed E-state index contributed by atoms with van der Waals surface area (Å²) in [7, 11) is -2.04. The van der Waals surface area contributed by atoms with E-state index in [1.165, 1.54) is 98.7 Å². The first kappa shape index (κ1) is 30.3. The molecular formula is C50H40Si. The largest absolute Gasteiger partial charge is 0.0722 e. The zero-order valence-electron chi connectivity index (χ0n) is 29.7. The molecule has 10 rings (SSSR count). The lowest BCUT2D eigenvalue weighted by molar-refractivity contribution is 0.969. The molecule has 0 saturated heterocycles. The molecule has 2 atom stereocenters. The van der Waals surface area contributed by atoms with Gasteiger partial charge in [0.1, 0.15) is 0 Å². The number of benzene rings is 8. The fourth-order valence-corrected chi connectivity index (χ4v) is 15.2. The third kappa shape index (κ3) is 4.44. The van der Waals surface area contributed by atoms with Crippen molar-refractivity contribution in [2.75, 3.05) is 0 Å². The van der Waals surface area contributed by atoms with E-state index in [0.717, 1.165) is 0 Å². The molecule has 2 aliphatic carbocycles. The molecule has 0 spiro atoms. The minimum absolute atomic E-state index is 0.434. The van der Waals surface area contributed by atoms with E-state index < -0.39 is 8.07 Å². The highest BCUT2D eigenvalue weighted by atomic mass is 28.3. The van der Waals surface area contributed by atoms with Gasteiger partial charge in [-0.15, -0.1) is 0 Å². The molecule has 0 amide bonds. The summed E-state index contributed by atoms with van der Waals surface area (Å²) in [6.45, 7) is 10.1. The lowest BCUT2D eigenvalue weighted by Gasteiger charge is -2.39. The number of rotatable bonds is 4. The van der Waals surface area contributed by atoms with E-state index in [1.54, 1.807) is 0 Å². The van der Waals surface area contributed by atoms with E-state index >= 15 is 0 Å². The predicted octanol–water partition coefficient (Wildman–Crippen LogP) is 14.1. The molecule has 51 heavy (non-hydrogen) atoms. The standard InChI is InChI=1S/C50H40Si/c1-31-27-45-41(47-29-33-15-5-7-17-35(33)37-19-9-11-21-39(37)47)23-13-25-43(45)49(31)51(3,4)50-32(2)28-46-42(24-14-26-44(46)50)48-30-34-16-6-8-18-36(34)38-20-10-12-22-40(38)48/h5-30,49-50H,1-4H3. The van der Waals surface area contributed by atoms with Crippen LogP contribution in [0.25, 0.3) is 77.5 Å². The first-order valence-electron chi connectivity index (χ1n) is 18.3. The number of hydrogen-bond donors (Lipinski definition) is 0. The molecule has 0 heterocycles. The first-order valence-corrected chi connectivity index (χ1v) is 21.5. The van der Waals surface area contributed by atoms with Crippen LogP contribution in [0.1, 0.15) is 47.2 Å². The van der Waals surface area contributed by atoms with Gasteiger partial charge in [-0.05, 0) is 114 Å². The lowest BCUT2D eigenvalue weighted by atomic mass is 9.90. The molecule has 8 aromatic carbocycles. The summed E-state index contributed by atoms with van der Waals surface area (Å²) in [6.07, 6.45) is 5.06. The molecule has 1 heteroatoms. The smallest absolute Gasteiger partial charge is 0.0679 e. The molecule has 0 N–H and O–H groups in total. The lowest BCUT2D eigenvalue weighted by Crippen LogP contribution is -2.42. The van der Waals surface area contributed by atoms with Gasteiger partial charge in [-0.3, -0.25) is 0 Å². The van der Waals surface area contributed by atoms with Gasteiger partial charge in [-0.1, -0.05) is 170 Å². The SMILES string of the molecule is CC1=Cc2c(-c3cc4ccccc4c4ccccc34)cccc2C1[Si](C)(C)C1C(C)=Cc2c(-c3cc4ccccc4c4ccccc34)cccc21. The van der Waals surface area contributed by atoms with Crippen molar-refractivity contribution in [1.29, 1.82) is 0 Å². The summed E-state index contributed by atoms with van der Waals surface area (Å²) >= 11 is 0. The van der Waals surface area contributed by atoms with Gasteiger partial charge in [0.05, 0.1) is 8.07 Å². The molecule has 8 aromatic rings. The highest BCUT2D eigenvalue weighted by Crippen LogP contribution is 2.55. The van der Waals surface area contributed by atoms with Crippen LogP contribution in [0.5, 0.6) is 0 Å². The van der Waals surface area contributed by atoms with Crippen molar-refractivity contribution in [3.63, 3.8) is 0 Å². The molecule has 0 fully saturated rings. The zero-order valence-corrected chi connectivity index (χ0v) is 30.7. The van der Waals surface area contributed by atoms with Gasteiger partial charge in [0, 0.05) is 11.1 Å². The van der Waals surface area contributed by atoms with Gasteiger partial charge in [0.2, 0.25) is 0 Å². The molecule has 0 aromatic heterocycles. The predicted molar refractivity (Wildman–Crippen MR) is 224 cm³/mol. The average Bonchev–Trinajstić information content (AvgIpc) is 3.70. The Morgan fingerprint density at radius 2 is 0.745 bits per heavy atom. The second kappa shape index (κ2) is 11.3. The second-order valence-electron chi connectivity index (χ2n) is 15.5. The highest BCUT2D eigenvalue weighted by Gasteiger charge is 2.47. The maximum atomic E-state index is 2.65. The normalized spacial score (nSPS) is 16.9. The van der Waals surface area contributed by atoms with Crippen molar-refractivity contribution in [3.8, 4) is 22.3 Å². The zero-order chi connectivity index (χ0) is 34.4. The Hall–Kier alpha value is -5.50. The van der Waals surface area contributed by atoms with Crippen LogP contribution in [0.2, 0.25) is 13.1 Å². The molecule has 0 saturated carbocycles. The summed E-state index contributed by atoms with van der Waals surface area (Å²) in [5.74, 6) is 0. The number of allylic oxidation sites excluding steroid dienone is 2. The second-order valence-corrected chi connectivity index (χ2v) is 20.3. The molecular weight excluding hydrogens is 629 g/mol. The van der Waals surface area contributed by atoms with Crippen molar-refractivity contribution < 1.29 is 0 Å². The van der Waals surface area contributed by atoms with Gasteiger partial charge in [0.15, 0.2) is 0 Å². The maximum absolute atomic E-state index is 2.65. The Bertz CT molecular complexity index is 2620. The van der Waals surface area contributed by atoms with Crippen LogP contribution >= 0.6 is 0 Å². The fourth-order valence-electron chi connectivity index (χ4n) is 10.3. The monoisotopic (exact) mass is 668 g/mol. The minimum atomic E-state index is -2.04. The van der Waals surface area contributed by atoms with Crippen LogP contribution in [-0.2, 0) is 0 Å². The van der Waals surface area contributed by atoms with E-state index in [2.05, 4.69) is 185 Å². The van der Waals surface area contributed by atoms with E-state index in [0.29, 0.717) is 11.1 Å². The molecule has 2 unspecified atom stereocenters. The van der Waals surface area contributed by atoms with Crippen molar-refractivity contribution in [2.24, 2.45) is 0 Å². The number of fused-ring (bicyclic) bond motifs is 8. The minimum Gasteiger partial charge on any atom is -0.0679 e. The highest BCUT2D eigenvalue weighted by molar-refractivity contribution is 6.81. The van der Waals surface area contributed by atoms with Gasteiger partial charge in [-0.25, -0.2) is 0 Å². The summed E-state index contributed by atoms with van der Waals surface area (Å²) < 4.78 is 0. The van der Waals surface area contributed by atoms with Crippen molar-refractivity contribution >= 4 is 63.3 Å². The van der Waals surface area contributed by atoms with Crippen LogP contribution < -0.4 is 0 Å². The summed E-state index contributed by atoms with van der Waals surface area (Å²) in [5.41, 5.74) is 15.1. The average molecular weight is 669 g/mol. The first-order chi connectivity index (χ1) is 24.9. The van der Waals surface area contributed by atoms with E-state index in [1.807, 2.05) is 0 Å². The van der Waals surface area contributed by atoms with Gasteiger partial charge in [-0.2, -0.15) is 0 Å². The van der Waals surface area contributed by atoms with Gasteiger partial charge >= 0.3 is 0 Å². The summed E-state index contributed by atoms with van der Waals surface area (Å²) in [6, 6.07) is 54.6. The quantitative estimate of drug-likeness (QED) is 0.129. The van der Waals surface area contributed by atoms with Crippen molar-refractivity contribution in [1.82, 2.24) is 0 Å². The molecule has 0 aliphatic heterocycles. The fraction of sp³-hybridized carbons (Fsp3) is 0.120. The van der Waals surface area contributed by atoms with E-state index in [9.17, 15) is 0 Å². The van der Waals surface area contributed by atoms with Crippen LogP contribution in [0, 0.1) is 0 Å². The van der Waals surface area contributed by atoms with E-state index in [-0.39, 0.29) is 0 Å². The molecule has 0 bridgehead atoms. The van der Waals surface area contributed by atoms with Crippen LogP contribution in [-0.4, -0.2) is 8.07 Å². The third-order valence-corrected chi connectivity index (χ3v) is 16.7. The van der Waals surface area contributed by atoms with Crippen LogP contribution in [0.15, 0.2) is 157 Å². The Balaban J connectivity index is 1.11. The molecule has 0 nitrogen and oxygen atoms in total. The van der Waals surface area contributed by atoms with Gasteiger partial charge in [0.25, 0.3) is 0 Å². The molecule has 2 aliphatic rings. The topological polar surface area (TPSA) is 0 Å². The van der Waals surface area contributed by atoms with Crippen LogP contribution in [0.4, 0.5) is 0 Å². The number of hydrogen-bond acceptors (Lipinski definition) is 0. The van der Waals surface area contributed by atoms with Gasteiger partial charge < -0.3 is 0 Å². The summed E-state index contributed by atoms with van der Waals surface area (Å²) in [4.78, 5) is 0.